The van der Waals surface area contributed by atoms with E-state index in [1.807, 2.05) is 13.1 Å². The SMILES string of the molecule is CNC1=CC(=[N-])[CH+]C=C1. The Morgan fingerprint density at radius 2 is 2.44 bits per heavy atom. The predicted octanol–water partition coefficient (Wildman–Crippen LogP) is 0.874. The molecular weight excluding hydrogens is 112 g/mol. The largest absolute Gasteiger partial charge is 0.779 e. The number of nitrogens with zero attached hydrogens (tertiary/aromatic N) is 1. The summed E-state index contributed by atoms with van der Waals surface area (Å²) in [4.78, 5) is 0. The predicted molar refractivity (Wildman–Crippen MR) is 38.9 cm³/mol. The zero-order chi connectivity index (χ0) is 6.69. The summed E-state index contributed by atoms with van der Waals surface area (Å²) in [6.45, 7) is 0. The fourth-order valence-electron chi connectivity index (χ4n) is 0.661. The molecule has 0 amide bonds. The Kier molecular flexibility index (Phi) is 1.58. The van der Waals surface area contributed by atoms with E-state index in [9.17, 15) is 0 Å². The summed E-state index contributed by atoms with van der Waals surface area (Å²) in [6, 6.07) is 0. The van der Waals surface area contributed by atoms with Crippen molar-refractivity contribution >= 4 is 5.71 Å². The van der Waals surface area contributed by atoms with Crippen LogP contribution < -0.4 is 5.32 Å². The molecule has 0 aromatic heterocycles. The van der Waals surface area contributed by atoms with Crippen molar-refractivity contribution in [3.63, 3.8) is 0 Å². The zero-order valence-electron chi connectivity index (χ0n) is 5.26. The molecule has 46 valence electrons. The number of hydrogen-bond acceptors (Lipinski definition) is 1. The molecule has 0 aromatic rings. The smallest absolute Gasteiger partial charge is 0.145 e. The molecular formula is C7H8N2. The fraction of sp³-hybridized carbons (Fsp3) is 0.143. The minimum Gasteiger partial charge on any atom is -0.779 e. The van der Waals surface area contributed by atoms with Crippen LogP contribution in [-0.4, -0.2) is 12.8 Å². The van der Waals surface area contributed by atoms with Gasteiger partial charge in [-0.15, -0.1) is 0 Å². The molecule has 0 fully saturated rings. The molecule has 0 radical (unpaired) electrons. The average Bonchev–Trinajstić information content (AvgIpc) is 1.88. The van der Waals surface area contributed by atoms with E-state index in [2.05, 4.69) is 5.32 Å². The van der Waals surface area contributed by atoms with Gasteiger partial charge in [-0.1, -0.05) is 0 Å². The summed E-state index contributed by atoms with van der Waals surface area (Å²) in [5, 5.41) is 11.8. The van der Waals surface area contributed by atoms with E-state index < -0.39 is 0 Å². The van der Waals surface area contributed by atoms with Gasteiger partial charge in [0.2, 0.25) is 0 Å². The average molecular weight is 120 g/mol. The molecule has 0 aromatic carbocycles. The van der Waals surface area contributed by atoms with E-state index in [1.165, 1.54) is 0 Å². The minimum atomic E-state index is 0.293. The molecule has 0 heterocycles. The maximum absolute atomic E-state index is 8.90. The van der Waals surface area contributed by atoms with E-state index in [4.69, 9.17) is 5.41 Å². The molecule has 1 N–H and O–H groups in total. The van der Waals surface area contributed by atoms with Gasteiger partial charge in [-0.25, -0.2) is 0 Å². The highest BCUT2D eigenvalue weighted by Gasteiger charge is 2.00. The summed E-state index contributed by atoms with van der Waals surface area (Å²) >= 11 is 0. The van der Waals surface area contributed by atoms with Gasteiger partial charge in [0.05, 0.1) is 6.08 Å². The Balaban J connectivity index is 2.70. The van der Waals surface area contributed by atoms with Crippen LogP contribution in [0.1, 0.15) is 0 Å². The quantitative estimate of drug-likeness (QED) is 0.512. The van der Waals surface area contributed by atoms with Crippen LogP contribution in [-0.2, 0) is 0 Å². The van der Waals surface area contributed by atoms with Crippen LogP contribution in [0.2, 0.25) is 0 Å². The summed E-state index contributed by atoms with van der Waals surface area (Å²) in [7, 11) is 1.81. The van der Waals surface area contributed by atoms with Gasteiger partial charge < -0.3 is 10.7 Å². The number of hydrogen-bond donors (Lipinski definition) is 1. The van der Waals surface area contributed by atoms with Crippen molar-refractivity contribution in [2.75, 3.05) is 7.05 Å². The lowest BCUT2D eigenvalue weighted by Gasteiger charge is -2.02. The Hall–Kier alpha value is -1.18. The van der Waals surface area contributed by atoms with E-state index >= 15 is 0 Å². The Morgan fingerprint density at radius 3 is 2.89 bits per heavy atom. The molecule has 0 atom stereocenters. The molecule has 0 saturated carbocycles. The molecule has 2 heteroatoms. The summed E-state index contributed by atoms with van der Waals surface area (Å²) in [6.07, 6.45) is 6.99. The van der Waals surface area contributed by atoms with Crippen molar-refractivity contribution in [1.29, 1.82) is 0 Å². The second kappa shape index (κ2) is 2.40. The van der Waals surface area contributed by atoms with Crippen LogP contribution in [0.3, 0.4) is 0 Å². The van der Waals surface area contributed by atoms with E-state index in [1.54, 1.807) is 18.6 Å². The minimum absolute atomic E-state index is 0.293. The van der Waals surface area contributed by atoms with Gasteiger partial charge in [-0.2, -0.15) is 0 Å². The third kappa shape index (κ3) is 1.35. The zero-order valence-corrected chi connectivity index (χ0v) is 5.26. The third-order valence-corrected chi connectivity index (χ3v) is 1.13. The van der Waals surface area contributed by atoms with Gasteiger partial charge in [0.1, 0.15) is 5.70 Å². The van der Waals surface area contributed by atoms with Gasteiger partial charge in [0, 0.05) is 25.6 Å². The molecule has 1 aliphatic rings. The Morgan fingerprint density at radius 1 is 1.67 bits per heavy atom. The monoisotopic (exact) mass is 120 g/mol. The molecule has 0 spiro atoms. The van der Waals surface area contributed by atoms with Crippen molar-refractivity contribution in [1.82, 2.24) is 5.32 Å². The topological polar surface area (TPSA) is 34.3 Å². The maximum Gasteiger partial charge on any atom is 0.145 e. The molecule has 0 saturated heterocycles. The maximum atomic E-state index is 8.90. The van der Waals surface area contributed by atoms with E-state index in [0.29, 0.717) is 5.71 Å². The molecule has 0 aliphatic heterocycles. The van der Waals surface area contributed by atoms with Gasteiger partial charge in [-0.3, -0.25) is 0 Å². The highest BCUT2D eigenvalue weighted by molar-refractivity contribution is 6.07. The second-order valence-corrected chi connectivity index (χ2v) is 1.80. The van der Waals surface area contributed by atoms with Crippen LogP contribution in [0, 0.1) is 6.42 Å². The molecule has 0 bridgehead atoms. The lowest BCUT2D eigenvalue weighted by Crippen LogP contribution is -2.08. The van der Waals surface area contributed by atoms with Gasteiger partial charge in [0.15, 0.2) is 0 Å². The van der Waals surface area contributed by atoms with Gasteiger partial charge in [-0.05, 0) is 5.71 Å². The van der Waals surface area contributed by atoms with Crippen molar-refractivity contribution in [2.24, 2.45) is 0 Å². The van der Waals surface area contributed by atoms with E-state index in [-0.39, 0.29) is 0 Å². The van der Waals surface area contributed by atoms with Crippen LogP contribution >= 0.6 is 0 Å². The van der Waals surface area contributed by atoms with Crippen LogP contribution in [0.15, 0.2) is 23.9 Å². The number of nitrogens with one attached hydrogen (secondary N) is 1. The van der Waals surface area contributed by atoms with Crippen molar-refractivity contribution in [3.8, 4) is 0 Å². The number of rotatable bonds is 1. The fourth-order valence-corrected chi connectivity index (χ4v) is 0.661. The van der Waals surface area contributed by atoms with Crippen molar-refractivity contribution < 1.29 is 0 Å². The highest BCUT2D eigenvalue weighted by Crippen LogP contribution is 2.01. The summed E-state index contributed by atoms with van der Waals surface area (Å²) in [5.41, 5.74) is 1.22. The first kappa shape index (κ1) is 5.95. The molecule has 2 nitrogen and oxygen atoms in total. The molecule has 1 aliphatic carbocycles. The lowest BCUT2D eigenvalue weighted by atomic mass is 10.1. The Bertz CT molecular complexity index is 177. The number of likely N-dealkylation sites (N-methyl/N-ethyl adjacent to an activating group) is 1. The van der Waals surface area contributed by atoms with E-state index in [0.717, 1.165) is 5.70 Å². The van der Waals surface area contributed by atoms with Crippen molar-refractivity contribution in [3.05, 3.63) is 35.8 Å². The molecule has 9 heavy (non-hydrogen) atoms. The first-order valence-electron chi connectivity index (χ1n) is 2.79. The lowest BCUT2D eigenvalue weighted by molar-refractivity contribution is 1.03. The molecule has 1 rings (SSSR count). The van der Waals surface area contributed by atoms with Crippen molar-refractivity contribution in [2.45, 2.75) is 0 Å². The second-order valence-electron chi connectivity index (χ2n) is 1.80. The molecule has 0 unspecified atom stereocenters. The van der Waals surface area contributed by atoms with Crippen LogP contribution in [0.5, 0.6) is 0 Å². The standard InChI is InChI=1S/C7H8N2/c1-9-7-4-2-3-6(8)5-7/h2-5,9H,1H3. The Labute approximate surface area is 54.8 Å². The normalized spacial score (nSPS) is 16.6. The van der Waals surface area contributed by atoms with Gasteiger partial charge in [0.25, 0.3) is 0 Å². The highest BCUT2D eigenvalue weighted by atomic mass is 14.8. The van der Waals surface area contributed by atoms with Crippen LogP contribution in [0.25, 0.3) is 5.41 Å². The first-order chi connectivity index (χ1) is 4.33. The number of allylic oxidation sites excluding steroid dienone is 3. The summed E-state index contributed by atoms with van der Waals surface area (Å²) < 4.78 is 0. The first-order valence-corrected chi connectivity index (χ1v) is 2.79. The summed E-state index contributed by atoms with van der Waals surface area (Å²) in [5.74, 6) is 0. The van der Waals surface area contributed by atoms with Crippen LogP contribution in [0.4, 0.5) is 0 Å². The third-order valence-electron chi connectivity index (χ3n) is 1.13. The van der Waals surface area contributed by atoms with Gasteiger partial charge >= 0.3 is 0 Å².